The number of nitrogens with one attached hydrogen (secondary N) is 3. The van der Waals surface area contributed by atoms with Crippen molar-refractivity contribution in [2.24, 2.45) is 0 Å². The van der Waals surface area contributed by atoms with Gasteiger partial charge in [0.15, 0.2) is 0 Å². The number of hydrogen-bond acceptors (Lipinski definition) is 7. The van der Waals surface area contributed by atoms with Crippen molar-refractivity contribution in [3.05, 3.63) is 41.1 Å². The van der Waals surface area contributed by atoms with Crippen LogP contribution in [0.25, 0.3) is 11.0 Å². The molecule has 0 atom stereocenters. The molecule has 1 amide bonds. The number of alkyl halides is 3. The molecular formula is C27H31F3N6O3. The van der Waals surface area contributed by atoms with E-state index < -0.39 is 11.7 Å². The van der Waals surface area contributed by atoms with Gasteiger partial charge in [-0.1, -0.05) is 0 Å². The van der Waals surface area contributed by atoms with Gasteiger partial charge >= 0.3 is 6.18 Å². The fraction of sp³-hybridized carbons (Fsp3) is 0.481. The molecule has 1 aromatic carbocycles. The zero-order valence-corrected chi connectivity index (χ0v) is 21.7. The summed E-state index contributed by atoms with van der Waals surface area (Å²) >= 11 is 0. The van der Waals surface area contributed by atoms with Gasteiger partial charge in [-0.15, -0.1) is 0 Å². The predicted octanol–water partition coefficient (Wildman–Crippen LogP) is 4.24. The van der Waals surface area contributed by atoms with Gasteiger partial charge in [-0.25, -0.2) is 4.98 Å². The van der Waals surface area contributed by atoms with Crippen molar-refractivity contribution >= 4 is 34.1 Å². The summed E-state index contributed by atoms with van der Waals surface area (Å²) in [6, 6.07) is 5.60. The second-order valence-corrected chi connectivity index (χ2v) is 10.1. The van der Waals surface area contributed by atoms with Crippen LogP contribution in [-0.2, 0) is 17.3 Å². The average Bonchev–Trinajstić information content (AvgIpc) is 3.61. The molecule has 0 radical (unpaired) electrons. The van der Waals surface area contributed by atoms with E-state index in [2.05, 4.69) is 25.5 Å². The molecular weight excluding hydrogens is 513 g/mol. The van der Waals surface area contributed by atoms with Crippen LogP contribution < -0.4 is 15.4 Å². The van der Waals surface area contributed by atoms with Crippen LogP contribution in [0, 0.1) is 0 Å². The van der Waals surface area contributed by atoms with Crippen LogP contribution >= 0.6 is 0 Å². The Morgan fingerprint density at radius 2 is 1.87 bits per heavy atom. The minimum atomic E-state index is -4.50. The standard InChI is InChI=1S/C27H31F3N6O3/c1-31-21-14-22(34-25-23(21)19(15-32-25)27(28,29)30)33-20-3-2-18(17-6-11-39-24(17)20)26(37)36-7-4-16(5-8-36)35-9-12-38-13-10-35/h2-3,14-16H,4-13H2,1H3,(H3,31,32,33,34). The Kier molecular flexibility index (Phi) is 6.76. The van der Waals surface area contributed by atoms with E-state index >= 15 is 0 Å². The van der Waals surface area contributed by atoms with Gasteiger partial charge in [0, 0.05) is 74.8 Å². The molecule has 2 aromatic heterocycles. The number of pyridine rings is 1. The van der Waals surface area contributed by atoms with Gasteiger partial charge in [0.1, 0.15) is 17.2 Å². The second-order valence-electron chi connectivity index (χ2n) is 10.1. The molecule has 2 saturated heterocycles. The Hall–Kier alpha value is -3.51. The number of H-pyrrole nitrogens is 1. The van der Waals surface area contributed by atoms with Crippen molar-refractivity contribution in [2.75, 3.05) is 63.7 Å². The van der Waals surface area contributed by atoms with Gasteiger partial charge in [-0.3, -0.25) is 9.69 Å². The lowest BCUT2D eigenvalue weighted by Gasteiger charge is -2.40. The van der Waals surface area contributed by atoms with Gasteiger partial charge in [0.05, 0.1) is 36.5 Å². The third-order valence-corrected chi connectivity index (χ3v) is 7.88. The fourth-order valence-corrected chi connectivity index (χ4v) is 5.90. The summed E-state index contributed by atoms with van der Waals surface area (Å²) in [6.07, 6.45) is -1.08. The third kappa shape index (κ3) is 4.87. The second kappa shape index (κ2) is 10.2. The van der Waals surface area contributed by atoms with Crippen LogP contribution in [-0.4, -0.2) is 84.8 Å². The molecule has 3 aromatic rings. The van der Waals surface area contributed by atoms with Gasteiger partial charge < -0.3 is 30.0 Å². The van der Waals surface area contributed by atoms with Crippen molar-refractivity contribution in [1.82, 2.24) is 19.8 Å². The summed E-state index contributed by atoms with van der Waals surface area (Å²) in [5, 5.41) is 6.01. The summed E-state index contributed by atoms with van der Waals surface area (Å²) in [7, 11) is 1.57. The smallest absolute Gasteiger partial charge is 0.418 e. The SMILES string of the molecule is CNc1cc(Nc2ccc(C(=O)N3CCC(N4CCOCC4)CC3)c3c2OCC3)nc2[nH]cc(C(F)(F)F)c12. The molecule has 3 aliphatic heterocycles. The Morgan fingerprint density at radius 1 is 1.10 bits per heavy atom. The number of piperidine rings is 1. The number of morpholine rings is 1. The molecule has 5 heterocycles. The quantitative estimate of drug-likeness (QED) is 0.443. The highest BCUT2D eigenvalue weighted by atomic mass is 19.4. The Morgan fingerprint density at radius 3 is 2.59 bits per heavy atom. The minimum Gasteiger partial charge on any atom is -0.491 e. The number of aromatic amines is 1. The van der Waals surface area contributed by atoms with Crippen LogP contribution in [0.5, 0.6) is 5.75 Å². The first kappa shape index (κ1) is 25.8. The van der Waals surface area contributed by atoms with E-state index in [1.165, 1.54) is 6.07 Å². The molecule has 3 N–H and O–H groups in total. The summed E-state index contributed by atoms with van der Waals surface area (Å²) in [5.74, 6) is 0.940. The maximum absolute atomic E-state index is 13.5. The van der Waals surface area contributed by atoms with Crippen molar-refractivity contribution in [3.63, 3.8) is 0 Å². The number of rotatable bonds is 5. The van der Waals surface area contributed by atoms with Crippen LogP contribution in [0.3, 0.4) is 0 Å². The number of carbonyl (C=O) groups excluding carboxylic acids is 1. The molecule has 2 fully saturated rings. The predicted molar refractivity (Wildman–Crippen MR) is 141 cm³/mol. The minimum absolute atomic E-state index is 0.00630. The molecule has 0 unspecified atom stereocenters. The van der Waals surface area contributed by atoms with E-state index in [0.29, 0.717) is 60.7 Å². The highest BCUT2D eigenvalue weighted by molar-refractivity contribution is 5.98. The van der Waals surface area contributed by atoms with E-state index in [9.17, 15) is 18.0 Å². The van der Waals surface area contributed by atoms with Crippen LogP contribution in [0.2, 0.25) is 0 Å². The van der Waals surface area contributed by atoms with E-state index in [1.807, 2.05) is 4.90 Å². The molecule has 12 heteroatoms. The number of benzene rings is 1. The van der Waals surface area contributed by atoms with Crippen molar-refractivity contribution < 1.29 is 27.4 Å². The molecule has 6 rings (SSSR count). The Balaban J connectivity index is 1.21. The molecule has 0 spiro atoms. The summed E-state index contributed by atoms with van der Waals surface area (Å²) in [6.45, 7) is 5.31. The molecule has 0 aliphatic carbocycles. The van der Waals surface area contributed by atoms with Crippen LogP contribution in [0.4, 0.5) is 30.4 Å². The van der Waals surface area contributed by atoms with E-state index in [1.54, 1.807) is 19.2 Å². The molecule has 3 aliphatic rings. The van der Waals surface area contributed by atoms with Crippen LogP contribution in [0.15, 0.2) is 24.4 Å². The normalized spacial score (nSPS) is 18.7. The number of nitrogens with zero attached hydrogens (tertiary/aromatic N) is 3. The van der Waals surface area contributed by atoms with Gasteiger partial charge in [0.25, 0.3) is 5.91 Å². The number of aromatic nitrogens is 2. The molecule has 9 nitrogen and oxygen atoms in total. The maximum Gasteiger partial charge on any atom is 0.418 e. The first-order valence-electron chi connectivity index (χ1n) is 13.3. The number of likely N-dealkylation sites (tertiary alicyclic amines) is 1. The van der Waals surface area contributed by atoms with Crippen molar-refractivity contribution in [3.8, 4) is 5.75 Å². The first-order chi connectivity index (χ1) is 18.8. The molecule has 39 heavy (non-hydrogen) atoms. The highest BCUT2D eigenvalue weighted by Gasteiger charge is 2.35. The van der Waals surface area contributed by atoms with E-state index in [4.69, 9.17) is 9.47 Å². The van der Waals surface area contributed by atoms with Gasteiger partial charge in [-0.05, 0) is 25.0 Å². The topological polar surface area (TPSA) is 94.8 Å². The van der Waals surface area contributed by atoms with Crippen molar-refractivity contribution in [2.45, 2.75) is 31.5 Å². The summed E-state index contributed by atoms with van der Waals surface area (Å²) in [4.78, 5) is 24.9. The van der Waals surface area contributed by atoms with Gasteiger partial charge in [0.2, 0.25) is 0 Å². The number of fused-ring (bicyclic) bond motifs is 2. The zero-order valence-electron chi connectivity index (χ0n) is 21.7. The van der Waals surface area contributed by atoms with Crippen molar-refractivity contribution in [1.29, 1.82) is 0 Å². The lowest BCUT2D eigenvalue weighted by molar-refractivity contribution is -0.136. The fourth-order valence-electron chi connectivity index (χ4n) is 5.90. The number of amides is 1. The zero-order chi connectivity index (χ0) is 27.1. The summed E-state index contributed by atoms with van der Waals surface area (Å²) < 4.78 is 51.8. The Labute approximate surface area is 223 Å². The highest BCUT2D eigenvalue weighted by Crippen LogP contribution is 2.41. The molecule has 0 bridgehead atoms. The molecule has 0 saturated carbocycles. The van der Waals surface area contributed by atoms with Gasteiger partial charge in [-0.2, -0.15) is 13.2 Å². The number of ether oxygens (including phenoxy) is 2. The monoisotopic (exact) mass is 544 g/mol. The average molecular weight is 545 g/mol. The number of halogens is 3. The molecule has 208 valence electrons. The first-order valence-corrected chi connectivity index (χ1v) is 13.3. The van der Waals surface area contributed by atoms with Crippen LogP contribution in [0.1, 0.15) is 34.3 Å². The Bertz CT molecular complexity index is 1380. The number of hydrogen-bond donors (Lipinski definition) is 3. The lowest BCUT2D eigenvalue weighted by atomic mass is 9.99. The summed E-state index contributed by atoms with van der Waals surface area (Å²) in [5.41, 5.74) is 1.72. The maximum atomic E-state index is 13.5. The third-order valence-electron chi connectivity index (χ3n) is 7.88. The number of carbonyl (C=O) groups is 1. The van der Waals surface area contributed by atoms with E-state index in [-0.39, 0.29) is 16.9 Å². The largest absolute Gasteiger partial charge is 0.491 e. The lowest BCUT2D eigenvalue weighted by Crippen LogP contribution is -2.50. The number of anilines is 3. The van der Waals surface area contributed by atoms with E-state index in [0.717, 1.165) is 50.9 Å².